The van der Waals surface area contributed by atoms with Crippen molar-refractivity contribution in [2.24, 2.45) is 10.7 Å². The van der Waals surface area contributed by atoms with E-state index in [2.05, 4.69) is 15.3 Å². The smallest absolute Gasteiger partial charge is 0.417 e. The van der Waals surface area contributed by atoms with Crippen molar-refractivity contribution in [1.82, 2.24) is 4.98 Å². The van der Waals surface area contributed by atoms with E-state index in [0.29, 0.717) is 30.6 Å². The number of hydrogen-bond acceptors (Lipinski definition) is 4. The molecule has 1 aromatic heterocycles. The zero-order chi connectivity index (χ0) is 19.9. The number of aliphatic imine (C=N–C) groups is 1. The molecule has 0 aliphatic rings. The highest BCUT2D eigenvalue weighted by atomic mass is 35.5. The van der Waals surface area contributed by atoms with Gasteiger partial charge in [0.15, 0.2) is 5.96 Å². The number of ether oxygens (including phenoxy) is 2. The number of benzene rings is 1. The van der Waals surface area contributed by atoms with E-state index in [9.17, 15) is 13.2 Å². The summed E-state index contributed by atoms with van der Waals surface area (Å²) >= 11 is 5.76. The summed E-state index contributed by atoms with van der Waals surface area (Å²) in [4.78, 5) is 7.73. The number of para-hydroxylation sites is 2. The van der Waals surface area contributed by atoms with Gasteiger partial charge in [-0.25, -0.2) is 4.98 Å². The molecule has 2 aromatic rings. The van der Waals surface area contributed by atoms with Crippen LogP contribution in [-0.4, -0.2) is 31.2 Å². The van der Waals surface area contributed by atoms with Crippen LogP contribution in [0.3, 0.4) is 0 Å². The molecule has 0 atom stereocenters. The van der Waals surface area contributed by atoms with Crippen LogP contribution in [0, 0.1) is 0 Å². The topological polar surface area (TPSA) is 81.8 Å². The summed E-state index contributed by atoms with van der Waals surface area (Å²) in [6.07, 6.45) is -3.36. The summed E-state index contributed by atoms with van der Waals surface area (Å²) in [5.41, 5.74) is 5.55. The Balaban J connectivity index is 1.80. The van der Waals surface area contributed by atoms with Crippen LogP contribution in [-0.2, 0) is 6.18 Å². The number of anilines is 1. The van der Waals surface area contributed by atoms with Gasteiger partial charge in [0.25, 0.3) is 0 Å². The van der Waals surface area contributed by atoms with Gasteiger partial charge in [-0.2, -0.15) is 13.2 Å². The number of halogens is 4. The molecule has 0 aliphatic carbocycles. The number of methoxy groups -OCH3 is 1. The molecule has 0 unspecified atom stereocenters. The van der Waals surface area contributed by atoms with Crippen LogP contribution >= 0.6 is 11.6 Å². The maximum atomic E-state index is 12.6. The van der Waals surface area contributed by atoms with Crippen molar-refractivity contribution in [3.05, 3.63) is 47.1 Å². The Labute approximate surface area is 159 Å². The normalized spacial score (nSPS) is 12.0. The van der Waals surface area contributed by atoms with Gasteiger partial charge in [-0.3, -0.25) is 4.99 Å². The predicted molar refractivity (Wildman–Crippen MR) is 97.5 cm³/mol. The third-order valence-corrected chi connectivity index (χ3v) is 3.60. The highest BCUT2D eigenvalue weighted by Crippen LogP contribution is 2.33. The van der Waals surface area contributed by atoms with Crippen LogP contribution in [0.25, 0.3) is 0 Å². The van der Waals surface area contributed by atoms with Gasteiger partial charge < -0.3 is 20.5 Å². The zero-order valence-corrected chi connectivity index (χ0v) is 15.1. The maximum Gasteiger partial charge on any atom is 0.417 e. The first kappa shape index (κ1) is 20.6. The molecular weight excluding hydrogens is 385 g/mol. The molecule has 10 heteroatoms. The number of hydrogen-bond donors (Lipinski definition) is 2. The van der Waals surface area contributed by atoms with E-state index in [1.807, 2.05) is 12.1 Å². The molecule has 146 valence electrons. The third kappa shape index (κ3) is 6.21. The Morgan fingerprint density at radius 1 is 1.33 bits per heavy atom. The lowest BCUT2D eigenvalue weighted by atomic mass is 10.3. The maximum absolute atomic E-state index is 12.6. The lowest BCUT2D eigenvalue weighted by molar-refractivity contribution is -0.137. The Bertz CT molecular complexity index is 800. The van der Waals surface area contributed by atoms with Crippen molar-refractivity contribution in [1.29, 1.82) is 0 Å². The summed E-state index contributed by atoms with van der Waals surface area (Å²) in [5, 5.41) is 2.72. The minimum atomic E-state index is -4.50. The van der Waals surface area contributed by atoms with Crippen LogP contribution in [0.4, 0.5) is 18.9 Å². The quantitative estimate of drug-likeness (QED) is 0.416. The number of alkyl halides is 3. The Hall–Kier alpha value is -2.68. The Morgan fingerprint density at radius 2 is 2.07 bits per heavy atom. The molecular formula is C17H18ClF3N4O2. The minimum absolute atomic E-state index is 0.0613. The van der Waals surface area contributed by atoms with E-state index in [1.54, 1.807) is 19.2 Å². The summed E-state index contributed by atoms with van der Waals surface area (Å²) in [6, 6.07) is 8.01. The molecule has 1 aromatic carbocycles. The largest absolute Gasteiger partial charge is 0.495 e. The van der Waals surface area contributed by atoms with Gasteiger partial charge in [0.1, 0.15) is 10.8 Å². The highest BCUT2D eigenvalue weighted by Gasteiger charge is 2.31. The monoisotopic (exact) mass is 402 g/mol. The SMILES string of the molecule is COc1ccccc1NC(N)=NCCCOc1ncc(C(F)(F)F)cc1Cl. The molecule has 6 nitrogen and oxygen atoms in total. The molecule has 0 saturated carbocycles. The zero-order valence-electron chi connectivity index (χ0n) is 14.4. The molecule has 0 spiro atoms. The summed E-state index contributed by atoms with van der Waals surface area (Å²) in [5.74, 6) is 0.765. The van der Waals surface area contributed by atoms with E-state index < -0.39 is 11.7 Å². The van der Waals surface area contributed by atoms with Crippen molar-refractivity contribution in [3.8, 4) is 11.6 Å². The van der Waals surface area contributed by atoms with Crippen molar-refractivity contribution in [3.63, 3.8) is 0 Å². The number of nitrogens with one attached hydrogen (secondary N) is 1. The first-order valence-corrected chi connectivity index (χ1v) is 8.24. The van der Waals surface area contributed by atoms with Crippen LogP contribution in [0.5, 0.6) is 11.6 Å². The van der Waals surface area contributed by atoms with Gasteiger partial charge in [-0.1, -0.05) is 23.7 Å². The van der Waals surface area contributed by atoms with Gasteiger partial charge in [0.2, 0.25) is 5.88 Å². The van der Waals surface area contributed by atoms with Crippen molar-refractivity contribution >= 4 is 23.2 Å². The fourth-order valence-corrected chi connectivity index (χ4v) is 2.27. The standard InChI is InChI=1S/C17H18ClF3N4O2/c1-26-14-6-3-2-5-13(14)25-16(22)23-7-4-8-27-15-12(18)9-11(10-24-15)17(19,20)21/h2-3,5-6,9-10H,4,7-8H2,1H3,(H3,22,23,25). The fraction of sp³-hybridized carbons (Fsp3) is 0.294. The van der Waals surface area contributed by atoms with Gasteiger partial charge >= 0.3 is 6.18 Å². The number of nitrogens with zero attached hydrogens (tertiary/aromatic N) is 2. The van der Waals surface area contributed by atoms with E-state index in [1.165, 1.54) is 0 Å². The van der Waals surface area contributed by atoms with Gasteiger partial charge in [-0.15, -0.1) is 0 Å². The Morgan fingerprint density at radius 3 is 2.74 bits per heavy atom. The first-order valence-electron chi connectivity index (χ1n) is 7.86. The highest BCUT2D eigenvalue weighted by molar-refractivity contribution is 6.31. The van der Waals surface area contributed by atoms with Crippen LogP contribution < -0.4 is 20.5 Å². The van der Waals surface area contributed by atoms with Gasteiger partial charge in [-0.05, 0) is 18.2 Å². The van der Waals surface area contributed by atoms with Crippen LogP contribution in [0.15, 0.2) is 41.5 Å². The summed E-state index contributed by atoms with van der Waals surface area (Å²) < 4.78 is 48.1. The van der Waals surface area contributed by atoms with Crippen molar-refractivity contribution in [2.75, 3.05) is 25.6 Å². The molecule has 27 heavy (non-hydrogen) atoms. The van der Waals surface area contributed by atoms with Crippen LogP contribution in [0.1, 0.15) is 12.0 Å². The summed E-state index contributed by atoms with van der Waals surface area (Å²) in [6.45, 7) is 0.510. The molecule has 0 aliphatic heterocycles. The predicted octanol–water partition coefficient (Wildman–Crippen LogP) is 3.96. The van der Waals surface area contributed by atoms with E-state index in [0.717, 1.165) is 6.07 Å². The van der Waals surface area contributed by atoms with Crippen molar-refractivity contribution < 1.29 is 22.6 Å². The summed E-state index contributed by atoms with van der Waals surface area (Å²) in [7, 11) is 1.55. The molecule has 0 fully saturated rings. The molecule has 2 rings (SSSR count). The fourth-order valence-electron chi connectivity index (χ4n) is 2.04. The first-order chi connectivity index (χ1) is 12.8. The van der Waals surface area contributed by atoms with E-state index in [4.69, 9.17) is 26.8 Å². The molecule has 0 radical (unpaired) electrons. The average molecular weight is 403 g/mol. The van der Waals surface area contributed by atoms with E-state index in [-0.39, 0.29) is 23.5 Å². The number of nitrogens with two attached hydrogens (primary N) is 1. The molecule has 1 heterocycles. The lowest BCUT2D eigenvalue weighted by Crippen LogP contribution is -2.23. The van der Waals surface area contributed by atoms with E-state index >= 15 is 0 Å². The average Bonchev–Trinajstić information content (AvgIpc) is 2.62. The Kier molecular flexibility index (Phi) is 7.12. The third-order valence-electron chi connectivity index (χ3n) is 3.33. The molecule has 0 bridgehead atoms. The number of guanidine groups is 1. The molecule has 3 N–H and O–H groups in total. The second-order valence-corrected chi connectivity index (χ2v) is 5.71. The second-order valence-electron chi connectivity index (χ2n) is 5.30. The number of aromatic nitrogens is 1. The molecule has 0 amide bonds. The number of pyridine rings is 1. The molecule has 0 saturated heterocycles. The van der Waals surface area contributed by atoms with Gasteiger partial charge in [0.05, 0.1) is 25.0 Å². The lowest BCUT2D eigenvalue weighted by Gasteiger charge is -2.11. The minimum Gasteiger partial charge on any atom is -0.495 e. The number of rotatable bonds is 7. The van der Waals surface area contributed by atoms with Crippen molar-refractivity contribution in [2.45, 2.75) is 12.6 Å². The van der Waals surface area contributed by atoms with Gasteiger partial charge in [0, 0.05) is 19.2 Å². The second kappa shape index (κ2) is 9.31. The van der Waals surface area contributed by atoms with Crippen LogP contribution in [0.2, 0.25) is 5.02 Å².